The molecule has 6 heteroatoms. The van der Waals surface area contributed by atoms with Gasteiger partial charge in [0.05, 0.1) is 6.54 Å². The summed E-state index contributed by atoms with van der Waals surface area (Å²) in [5.41, 5.74) is 0.846. The third-order valence-electron chi connectivity index (χ3n) is 2.80. The van der Waals surface area contributed by atoms with Gasteiger partial charge in [0.25, 0.3) is 5.56 Å². The van der Waals surface area contributed by atoms with E-state index in [1.165, 1.54) is 0 Å². The molecule has 6 nitrogen and oxygen atoms in total. The molecule has 0 aliphatic carbocycles. The number of carbonyl (C=O) groups is 1. The first-order valence-electron chi connectivity index (χ1n) is 5.55. The summed E-state index contributed by atoms with van der Waals surface area (Å²) in [5, 5.41) is 18.4. The predicted octanol–water partition coefficient (Wildman–Crippen LogP) is 1.00. The number of rotatable bonds is 3. The second-order valence-corrected chi connectivity index (χ2v) is 4.13. The summed E-state index contributed by atoms with van der Waals surface area (Å²) < 4.78 is 1.10. The van der Waals surface area contributed by atoms with Crippen LogP contribution in [0.15, 0.2) is 35.4 Å². The van der Waals surface area contributed by atoms with Crippen molar-refractivity contribution < 1.29 is 15.0 Å². The van der Waals surface area contributed by atoms with Gasteiger partial charge in [-0.2, -0.15) is 0 Å². The van der Waals surface area contributed by atoms with Gasteiger partial charge in [-0.05, 0) is 24.1 Å². The lowest BCUT2D eigenvalue weighted by Crippen LogP contribution is -2.25. The summed E-state index contributed by atoms with van der Waals surface area (Å²) in [6.45, 7) is 1.95. The van der Waals surface area contributed by atoms with Crippen molar-refractivity contribution in [1.82, 2.24) is 9.55 Å². The van der Waals surface area contributed by atoms with Crippen LogP contribution in [0, 0.1) is 6.92 Å². The molecular weight excluding hydrogens is 248 g/mol. The molecule has 2 aromatic heterocycles. The van der Waals surface area contributed by atoms with Gasteiger partial charge < -0.3 is 10.2 Å². The zero-order valence-electron chi connectivity index (χ0n) is 10.2. The molecule has 0 aromatic carbocycles. The van der Waals surface area contributed by atoms with Crippen molar-refractivity contribution in [2.24, 2.45) is 0 Å². The van der Waals surface area contributed by atoms with Crippen LogP contribution >= 0.6 is 0 Å². The molecule has 0 unspecified atom stereocenters. The number of hydrogen-bond donors (Lipinski definition) is 2. The molecule has 0 fully saturated rings. The summed E-state index contributed by atoms with van der Waals surface area (Å²) in [5.74, 6) is -1.62. The van der Waals surface area contributed by atoms with Gasteiger partial charge in [-0.1, -0.05) is 0 Å². The molecule has 0 saturated heterocycles. The smallest absolute Gasteiger partial charge is 0.352 e. The summed E-state index contributed by atoms with van der Waals surface area (Å²) in [7, 11) is 0. The van der Waals surface area contributed by atoms with Crippen LogP contribution < -0.4 is 5.56 Å². The molecule has 0 radical (unpaired) electrons. The van der Waals surface area contributed by atoms with E-state index in [4.69, 9.17) is 5.11 Å². The van der Waals surface area contributed by atoms with Gasteiger partial charge in [-0.25, -0.2) is 4.79 Å². The lowest BCUT2D eigenvalue weighted by molar-refractivity contribution is 0.0683. The molecule has 2 aromatic rings. The lowest BCUT2D eigenvalue weighted by Gasteiger charge is -2.11. The zero-order chi connectivity index (χ0) is 14.0. The highest BCUT2D eigenvalue weighted by Crippen LogP contribution is 2.12. The highest BCUT2D eigenvalue weighted by atomic mass is 16.4. The van der Waals surface area contributed by atoms with Crippen molar-refractivity contribution in [3.05, 3.63) is 57.8 Å². The van der Waals surface area contributed by atoms with Crippen molar-refractivity contribution >= 4 is 5.97 Å². The SMILES string of the molecule is Cc1cnccc1Cn1c(C(=O)O)cc(O)cc1=O. The molecule has 0 spiro atoms. The van der Waals surface area contributed by atoms with Crippen molar-refractivity contribution in [3.8, 4) is 5.75 Å². The Labute approximate surface area is 108 Å². The van der Waals surface area contributed by atoms with Gasteiger partial charge in [-0.15, -0.1) is 0 Å². The predicted molar refractivity (Wildman–Crippen MR) is 67.4 cm³/mol. The molecular formula is C13H12N2O4. The van der Waals surface area contributed by atoms with E-state index in [0.717, 1.165) is 27.8 Å². The first kappa shape index (κ1) is 12.8. The first-order valence-corrected chi connectivity index (χ1v) is 5.55. The Balaban J connectivity index is 2.54. The molecule has 98 valence electrons. The first-order chi connectivity index (χ1) is 8.99. The minimum Gasteiger partial charge on any atom is -0.508 e. The average Bonchev–Trinajstić information content (AvgIpc) is 2.34. The highest BCUT2D eigenvalue weighted by molar-refractivity contribution is 5.86. The number of carboxylic acids is 1. The Morgan fingerprint density at radius 3 is 2.79 bits per heavy atom. The van der Waals surface area contributed by atoms with E-state index in [-0.39, 0.29) is 18.0 Å². The number of aryl methyl sites for hydroxylation is 1. The monoisotopic (exact) mass is 260 g/mol. The Kier molecular flexibility index (Phi) is 3.33. The van der Waals surface area contributed by atoms with Crippen LogP contribution in [0.25, 0.3) is 0 Å². The lowest BCUT2D eigenvalue weighted by atomic mass is 10.1. The van der Waals surface area contributed by atoms with Crippen LogP contribution in [0.3, 0.4) is 0 Å². The number of aromatic carboxylic acids is 1. The summed E-state index contributed by atoms with van der Waals surface area (Å²) >= 11 is 0. The fraction of sp³-hybridized carbons (Fsp3) is 0.154. The van der Waals surface area contributed by atoms with E-state index in [9.17, 15) is 14.7 Å². The van der Waals surface area contributed by atoms with Crippen LogP contribution in [0.1, 0.15) is 21.6 Å². The molecule has 0 atom stereocenters. The maximum absolute atomic E-state index is 11.8. The van der Waals surface area contributed by atoms with Gasteiger partial charge in [-0.3, -0.25) is 14.3 Å². The maximum Gasteiger partial charge on any atom is 0.352 e. The van der Waals surface area contributed by atoms with Crippen LogP contribution in [-0.4, -0.2) is 25.7 Å². The van der Waals surface area contributed by atoms with Gasteiger partial charge in [0.2, 0.25) is 0 Å². The van der Waals surface area contributed by atoms with Crippen molar-refractivity contribution in [2.45, 2.75) is 13.5 Å². The van der Waals surface area contributed by atoms with Crippen molar-refractivity contribution in [3.63, 3.8) is 0 Å². The van der Waals surface area contributed by atoms with Gasteiger partial charge in [0.15, 0.2) is 0 Å². The summed E-state index contributed by atoms with van der Waals surface area (Å²) in [4.78, 5) is 26.9. The number of carboxylic acid groups (broad SMARTS) is 1. The molecule has 0 aliphatic rings. The van der Waals surface area contributed by atoms with Crippen molar-refractivity contribution in [1.29, 1.82) is 0 Å². The Morgan fingerprint density at radius 1 is 1.42 bits per heavy atom. The number of pyridine rings is 2. The number of hydrogen-bond acceptors (Lipinski definition) is 4. The molecule has 0 aliphatic heterocycles. The van der Waals surface area contributed by atoms with E-state index < -0.39 is 11.5 Å². The molecule has 2 N–H and O–H groups in total. The molecule has 2 rings (SSSR count). The fourth-order valence-electron chi connectivity index (χ4n) is 1.77. The quantitative estimate of drug-likeness (QED) is 0.859. The van der Waals surface area contributed by atoms with Crippen LogP contribution in [-0.2, 0) is 6.54 Å². The molecule has 0 amide bonds. The standard InChI is InChI=1S/C13H12N2O4/c1-8-6-14-3-2-9(8)7-15-11(13(18)19)4-10(16)5-12(15)17/h2-6,16H,7H2,1H3,(H,18,19). The second-order valence-electron chi connectivity index (χ2n) is 4.13. The fourth-order valence-corrected chi connectivity index (χ4v) is 1.77. The van der Waals surface area contributed by atoms with Gasteiger partial charge >= 0.3 is 5.97 Å². The number of aromatic nitrogens is 2. The minimum absolute atomic E-state index is 0.120. The van der Waals surface area contributed by atoms with Gasteiger partial charge in [0, 0.05) is 24.5 Å². The Bertz CT molecular complexity index is 691. The van der Waals surface area contributed by atoms with Crippen LogP contribution in [0.5, 0.6) is 5.75 Å². The molecule has 19 heavy (non-hydrogen) atoms. The maximum atomic E-state index is 11.8. The second kappa shape index (κ2) is 4.93. The van der Waals surface area contributed by atoms with E-state index in [1.807, 2.05) is 6.92 Å². The molecule has 0 saturated carbocycles. The van der Waals surface area contributed by atoms with Gasteiger partial charge in [0.1, 0.15) is 11.4 Å². The van der Waals surface area contributed by atoms with E-state index in [1.54, 1.807) is 18.5 Å². The average molecular weight is 260 g/mol. The largest absolute Gasteiger partial charge is 0.508 e. The summed E-state index contributed by atoms with van der Waals surface area (Å²) in [6.07, 6.45) is 3.22. The number of aromatic hydroxyl groups is 1. The van der Waals surface area contributed by atoms with E-state index in [0.29, 0.717) is 0 Å². The zero-order valence-corrected chi connectivity index (χ0v) is 10.2. The van der Waals surface area contributed by atoms with Crippen LogP contribution in [0.2, 0.25) is 0 Å². The van der Waals surface area contributed by atoms with E-state index >= 15 is 0 Å². The topological polar surface area (TPSA) is 92.4 Å². The molecule has 0 bridgehead atoms. The third-order valence-corrected chi connectivity index (χ3v) is 2.80. The number of nitrogens with zero attached hydrogens (tertiary/aromatic N) is 2. The summed E-state index contributed by atoms with van der Waals surface area (Å²) in [6, 6.07) is 3.77. The van der Waals surface area contributed by atoms with Crippen LogP contribution in [0.4, 0.5) is 0 Å². The normalized spacial score (nSPS) is 10.4. The molecule has 2 heterocycles. The van der Waals surface area contributed by atoms with Crippen molar-refractivity contribution in [2.75, 3.05) is 0 Å². The third kappa shape index (κ3) is 2.62. The highest BCUT2D eigenvalue weighted by Gasteiger charge is 2.14. The minimum atomic E-state index is -1.26. The van der Waals surface area contributed by atoms with E-state index in [2.05, 4.69) is 4.98 Å². The Morgan fingerprint density at radius 2 is 2.16 bits per heavy atom. The Hall–Kier alpha value is -2.63.